The van der Waals surface area contributed by atoms with Crippen LogP contribution in [0.4, 0.5) is 5.69 Å². The van der Waals surface area contributed by atoms with Crippen molar-refractivity contribution in [2.75, 3.05) is 31.1 Å². The van der Waals surface area contributed by atoms with Crippen molar-refractivity contribution < 1.29 is 4.74 Å². The minimum Gasteiger partial charge on any atom is -0.374 e. The molecule has 1 unspecified atom stereocenters. The Morgan fingerprint density at radius 1 is 1.36 bits per heavy atom. The van der Waals surface area contributed by atoms with E-state index in [0.29, 0.717) is 26.2 Å². The van der Waals surface area contributed by atoms with Crippen LogP contribution in [0.3, 0.4) is 0 Å². The van der Waals surface area contributed by atoms with Gasteiger partial charge in [0.15, 0.2) is 0 Å². The Bertz CT molecular complexity index is 690. The molecule has 2 aromatic rings. The molecule has 138 valence electrons. The van der Waals surface area contributed by atoms with Crippen LogP contribution in [-0.2, 0) is 17.8 Å². The highest BCUT2D eigenvalue weighted by Gasteiger charge is 2.20. The van der Waals surface area contributed by atoms with Crippen molar-refractivity contribution in [2.24, 2.45) is 5.73 Å². The summed E-state index contributed by atoms with van der Waals surface area (Å²) in [5.74, 6) is 0. The number of nitrogens with two attached hydrogens (primary N) is 1. The Morgan fingerprint density at radius 3 is 2.96 bits per heavy atom. The normalized spacial score (nSPS) is 17.3. The Morgan fingerprint density at radius 2 is 2.24 bits per heavy atom. The second-order valence-corrected chi connectivity index (χ2v) is 5.72. The topological polar surface area (TPSA) is 117 Å². The predicted molar refractivity (Wildman–Crippen MR) is 93.8 cm³/mol. The number of ether oxygens (including phenoxy) is 1. The molecule has 0 spiro atoms. The minimum absolute atomic E-state index is 0. The second-order valence-electron chi connectivity index (χ2n) is 5.72. The van der Waals surface area contributed by atoms with E-state index in [0.717, 1.165) is 31.6 Å². The van der Waals surface area contributed by atoms with Gasteiger partial charge in [0.1, 0.15) is 6.33 Å². The molecule has 3 heterocycles. The molecule has 0 bridgehead atoms. The number of hydrogen-bond acceptors (Lipinski definition) is 8. The van der Waals surface area contributed by atoms with Crippen molar-refractivity contribution >= 4 is 18.1 Å². The first-order chi connectivity index (χ1) is 11.8. The van der Waals surface area contributed by atoms with Crippen molar-refractivity contribution in [3.05, 3.63) is 28.9 Å². The van der Waals surface area contributed by atoms with E-state index in [-0.39, 0.29) is 24.1 Å². The number of aromatic nitrogens is 6. The van der Waals surface area contributed by atoms with E-state index in [9.17, 15) is 4.79 Å². The third-order valence-corrected chi connectivity index (χ3v) is 4.00. The summed E-state index contributed by atoms with van der Waals surface area (Å²) < 4.78 is 8.76. The third kappa shape index (κ3) is 5.21. The average molecular weight is 371 g/mol. The number of nitrogens with zero attached hydrogens (tertiary/aromatic N) is 7. The maximum absolute atomic E-state index is 12.3. The first kappa shape index (κ1) is 19.3. The molecule has 0 amide bonds. The van der Waals surface area contributed by atoms with Crippen LogP contribution in [0, 0.1) is 0 Å². The fraction of sp³-hybridized carbons (Fsp3) is 0.643. The number of halogens is 1. The molecule has 11 heteroatoms. The van der Waals surface area contributed by atoms with Crippen LogP contribution in [0.2, 0.25) is 0 Å². The summed E-state index contributed by atoms with van der Waals surface area (Å²) in [5, 5.41) is 15.2. The summed E-state index contributed by atoms with van der Waals surface area (Å²) in [6.45, 7) is 3.90. The number of aryl methyl sites for hydroxylation is 2. The molecule has 1 aliphatic heterocycles. The van der Waals surface area contributed by atoms with E-state index in [1.807, 2.05) is 0 Å². The van der Waals surface area contributed by atoms with Crippen molar-refractivity contribution in [1.82, 2.24) is 30.0 Å². The molecular formula is C14H23ClN8O2. The molecule has 0 aromatic carbocycles. The molecule has 0 radical (unpaired) electrons. The summed E-state index contributed by atoms with van der Waals surface area (Å²) >= 11 is 0. The van der Waals surface area contributed by atoms with Crippen LogP contribution >= 0.6 is 12.4 Å². The summed E-state index contributed by atoms with van der Waals surface area (Å²) in [7, 11) is 0. The Hall–Kier alpha value is -2.04. The van der Waals surface area contributed by atoms with Gasteiger partial charge in [-0.3, -0.25) is 4.79 Å². The van der Waals surface area contributed by atoms with Crippen LogP contribution in [0.5, 0.6) is 0 Å². The quantitative estimate of drug-likeness (QED) is 0.679. The highest BCUT2D eigenvalue weighted by atomic mass is 35.5. The fourth-order valence-electron chi connectivity index (χ4n) is 2.74. The molecule has 0 saturated carbocycles. The van der Waals surface area contributed by atoms with Gasteiger partial charge in [0, 0.05) is 32.2 Å². The highest BCUT2D eigenvalue weighted by Crippen LogP contribution is 2.16. The van der Waals surface area contributed by atoms with Crippen LogP contribution in [0.1, 0.15) is 12.8 Å². The molecular weight excluding hydrogens is 348 g/mol. The van der Waals surface area contributed by atoms with Crippen LogP contribution in [0.15, 0.2) is 23.4 Å². The van der Waals surface area contributed by atoms with Crippen molar-refractivity contribution in [3.8, 4) is 0 Å². The van der Waals surface area contributed by atoms with E-state index in [1.54, 1.807) is 23.3 Å². The summed E-state index contributed by atoms with van der Waals surface area (Å²) in [6.07, 6.45) is 4.95. The first-order valence-corrected chi connectivity index (χ1v) is 8.11. The minimum atomic E-state index is -0.105. The lowest BCUT2D eigenvalue weighted by Crippen LogP contribution is -2.43. The van der Waals surface area contributed by atoms with Crippen molar-refractivity contribution in [2.45, 2.75) is 32.0 Å². The van der Waals surface area contributed by atoms with Gasteiger partial charge in [0.2, 0.25) is 0 Å². The average Bonchev–Trinajstić information content (AvgIpc) is 3.10. The second kappa shape index (κ2) is 9.44. The van der Waals surface area contributed by atoms with Gasteiger partial charge in [-0.1, -0.05) is 0 Å². The Kier molecular flexibility index (Phi) is 7.29. The van der Waals surface area contributed by atoms with E-state index >= 15 is 0 Å². The summed E-state index contributed by atoms with van der Waals surface area (Å²) in [4.78, 5) is 14.4. The first-order valence-electron chi connectivity index (χ1n) is 8.11. The van der Waals surface area contributed by atoms with Gasteiger partial charge in [0.25, 0.3) is 5.56 Å². The van der Waals surface area contributed by atoms with Gasteiger partial charge in [-0.15, -0.1) is 17.5 Å². The zero-order chi connectivity index (χ0) is 16.8. The maximum atomic E-state index is 12.3. The fourth-order valence-corrected chi connectivity index (χ4v) is 2.74. The van der Waals surface area contributed by atoms with Gasteiger partial charge in [0.05, 0.1) is 24.6 Å². The number of rotatable bonds is 7. The molecule has 10 nitrogen and oxygen atoms in total. The lowest BCUT2D eigenvalue weighted by atomic mass is 10.2. The van der Waals surface area contributed by atoms with Crippen molar-refractivity contribution in [1.29, 1.82) is 0 Å². The summed E-state index contributed by atoms with van der Waals surface area (Å²) in [6, 6.07) is 1.63. The molecule has 1 aliphatic rings. The van der Waals surface area contributed by atoms with Gasteiger partial charge < -0.3 is 15.4 Å². The zero-order valence-electron chi connectivity index (χ0n) is 13.9. The van der Waals surface area contributed by atoms with Gasteiger partial charge in [-0.25, -0.2) is 9.36 Å². The lowest BCUT2D eigenvalue weighted by molar-refractivity contribution is 0.0368. The molecule has 25 heavy (non-hydrogen) atoms. The van der Waals surface area contributed by atoms with E-state index < -0.39 is 0 Å². The van der Waals surface area contributed by atoms with Gasteiger partial charge in [-0.05, 0) is 29.8 Å². The maximum Gasteiger partial charge on any atom is 0.268 e. The van der Waals surface area contributed by atoms with Crippen molar-refractivity contribution in [3.63, 3.8) is 0 Å². The number of tetrazole rings is 1. The van der Waals surface area contributed by atoms with Gasteiger partial charge >= 0.3 is 0 Å². The number of morpholine rings is 1. The molecule has 1 atom stereocenters. The monoisotopic (exact) mass is 370 g/mol. The van der Waals surface area contributed by atoms with E-state index in [2.05, 4.69) is 25.5 Å². The standard InChI is InChI=1S/C14H22N8O2.ClH/c15-3-2-13-10-20(6-7-24-13)12-8-14(23)22(17-9-12)5-1-4-21-11-16-18-19-21;/h8-9,11,13H,1-7,10,15H2;1H. The molecule has 2 N–H and O–H groups in total. The molecule has 0 aliphatic carbocycles. The molecule has 3 rings (SSSR count). The Balaban J connectivity index is 0.00000225. The lowest BCUT2D eigenvalue weighted by Gasteiger charge is -2.34. The van der Waals surface area contributed by atoms with E-state index in [4.69, 9.17) is 10.5 Å². The number of hydrogen-bond donors (Lipinski definition) is 1. The van der Waals surface area contributed by atoms with E-state index in [1.165, 1.54) is 4.68 Å². The molecule has 1 saturated heterocycles. The van der Waals surface area contributed by atoms with Crippen LogP contribution in [0.25, 0.3) is 0 Å². The highest BCUT2D eigenvalue weighted by molar-refractivity contribution is 5.85. The molecule has 1 fully saturated rings. The number of anilines is 1. The summed E-state index contributed by atoms with van der Waals surface area (Å²) in [5.41, 5.74) is 6.32. The SMILES string of the molecule is Cl.NCCC1CN(c2cnn(CCCn3cnnn3)c(=O)c2)CCO1. The van der Waals surface area contributed by atoms with Gasteiger partial charge in [-0.2, -0.15) is 5.10 Å². The molecule has 2 aromatic heterocycles. The largest absolute Gasteiger partial charge is 0.374 e. The third-order valence-electron chi connectivity index (χ3n) is 4.00. The van der Waals surface area contributed by atoms with Crippen LogP contribution < -0.4 is 16.2 Å². The Labute approximate surface area is 151 Å². The smallest absolute Gasteiger partial charge is 0.268 e. The van der Waals surface area contributed by atoms with Crippen LogP contribution in [-0.4, -0.2) is 62.3 Å². The predicted octanol–water partition coefficient (Wildman–Crippen LogP) is -0.704. The zero-order valence-corrected chi connectivity index (χ0v) is 14.7.